The van der Waals surface area contributed by atoms with Crippen LogP contribution in [0.2, 0.25) is 0 Å². The van der Waals surface area contributed by atoms with Crippen LogP contribution in [-0.4, -0.2) is 29.9 Å². The van der Waals surface area contributed by atoms with E-state index in [1.807, 2.05) is 29.2 Å². The van der Waals surface area contributed by atoms with E-state index in [1.165, 1.54) is 0 Å². The van der Waals surface area contributed by atoms with Crippen LogP contribution < -0.4 is 5.73 Å². The maximum atomic E-state index is 12.4. The summed E-state index contributed by atoms with van der Waals surface area (Å²) in [5.41, 5.74) is 7.15. The van der Waals surface area contributed by atoms with Crippen molar-refractivity contribution >= 4 is 34.2 Å². The van der Waals surface area contributed by atoms with Gasteiger partial charge in [-0.1, -0.05) is 48.0 Å². The van der Waals surface area contributed by atoms with E-state index in [9.17, 15) is 4.79 Å². The fraction of sp³-hybridized carbons (Fsp3) is 0.533. The molecule has 2 N–H and O–H groups in total. The molecule has 1 fully saturated rings. The molecule has 0 bridgehead atoms. The molecule has 1 saturated heterocycles. The number of likely N-dealkylation sites (tertiary alicyclic amines) is 1. The fourth-order valence-electron chi connectivity index (χ4n) is 2.50. The Morgan fingerprint density at radius 2 is 2.10 bits per heavy atom. The lowest BCUT2D eigenvalue weighted by molar-refractivity contribution is -0.133. The summed E-state index contributed by atoms with van der Waals surface area (Å²) in [6, 6.07) is 8.06. The maximum Gasteiger partial charge on any atom is 0.227 e. The predicted molar refractivity (Wildman–Crippen MR) is 88.0 cm³/mol. The number of hydrogen-bond donors (Lipinski definition) is 1. The average molecular weight is 362 g/mol. The number of benzene rings is 1. The van der Waals surface area contributed by atoms with E-state index in [4.69, 9.17) is 5.73 Å². The number of nitrogens with two attached hydrogens (primary N) is 1. The largest absolute Gasteiger partial charge is 0.342 e. The summed E-state index contributed by atoms with van der Waals surface area (Å²) < 4.78 is 0.997. The minimum absolute atomic E-state index is 0. The summed E-state index contributed by atoms with van der Waals surface area (Å²) in [5.74, 6) is 0.187. The second-order valence-corrected chi connectivity index (χ2v) is 6.82. The van der Waals surface area contributed by atoms with Crippen molar-refractivity contribution in [2.75, 3.05) is 13.1 Å². The molecule has 0 saturated carbocycles. The van der Waals surface area contributed by atoms with E-state index in [0.29, 0.717) is 6.42 Å². The lowest BCUT2D eigenvalue weighted by atomic mass is 9.79. The topological polar surface area (TPSA) is 46.3 Å². The third-order valence-corrected chi connectivity index (χ3v) is 4.74. The van der Waals surface area contributed by atoms with Crippen molar-refractivity contribution in [1.29, 1.82) is 0 Å². The Kier molecular flexibility index (Phi) is 6.05. The van der Waals surface area contributed by atoms with Crippen LogP contribution in [0.4, 0.5) is 0 Å². The zero-order chi connectivity index (χ0) is 14.0. The van der Waals surface area contributed by atoms with Crippen LogP contribution in [0.5, 0.6) is 0 Å². The van der Waals surface area contributed by atoms with Gasteiger partial charge in [0.25, 0.3) is 0 Å². The molecule has 20 heavy (non-hydrogen) atoms. The predicted octanol–water partition coefficient (Wildman–Crippen LogP) is 3.00. The number of carbonyl (C=O) groups is 1. The highest BCUT2D eigenvalue weighted by Gasteiger charge is 2.35. The molecule has 0 aromatic heterocycles. The summed E-state index contributed by atoms with van der Waals surface area (Å²) in [5, 5.41) is 0. The lowest BCUT2D eigenvalue weighted by Crippen LogP contribution is -2.54. The van der Waals surface area contributed by atoms with Gasteiger partial charge in [-0.05, 0) is 23.5 Å². The van der Waals surface area contributed by atoms with Gasteiger partial charge in [0.1, 0.15) is 0 Å². The third kappa shape index (κ3) is 3.96. The molecule has 112 valence electrons. The minimum Gasteiger partial charge on any atom is -0.342 e. The molecule has 3 nitrogen and oxygen atoms in total. The van der Waals surface area contributed by atoms with Gasteiger partial charge in [0.2, 0.25) is 5.91 Å². The Bertz CT molecular complexity index is 479. The number of halogens is 2. The first-order valence-corrected chi connectivity index (χ1v) is 7.46. The van der Waals surface area contributed by atoms with Gasteiger partial charge >= 0.3 is 0 Å². The van der Waals surface area contributed by atoms with Gasteiger partial charge in [-0.25, -0.2) is 0 Å². The second kappa shape index (κ2) is 6.92. The quantitative estimate of drug-likeness (QED) is 0.880. The molecular weight excluding hydrogens is 340 g/mol. The summed E-state index contributed by atoms with van der Waals surface area (Å²) in [4.78, 5) is 14.3. The summed E-state index contributed by atoms with van der Waals surface area (Å²) in [6.07, 6.45) is 1.33. The van der Waals surface area contributed by atoms with E-state index in [2.05, 4.69) is 29.8 Å². The van der Waals surface area contributed by atoms with Crippen molar-refractivity contribution in [3.8, 4) is 0 Å². The lowest BCUT2D eigenvalue weighted by Gasteiger charge is -2.42. The number of amides is 1. The molecule has 1 heterocycles. The number of rotatable bonds is 2. The molecular formula is C15H22BrClN2O. The number of carbonyl (C=O) groups excluding carboxylic acids is 1. The monoisotopic (exact) mass is 360 g/mol. The first-order chi connectivity index (χ1) is 8.90. The fourth-order valence-corrected chi connectivity index (χ4v) is 2.93. The van der Waals surface area contributed by atoms with Crippen LogP contribution >= 0.6 is 28.3 Å². The normalized spacial score (nSPS) is 21.2. The molecule has 0 spiro atoms. The zero-order valence-corrected chi connectivity index (χ0v) is 14.3. The van der Waals surface area contributed by atoms with Gasteiger partial charge < -0.3 is 10.6 Å². The van der Waals surface area contributed by atoms with E-state index in [0.717, 1.165) is 29.5 Å². The molecule has 0 radical (unpaired) electrons. The van der Waals surface area contributed by atoms with Gasteiger partial charge in [-0.3, -0.25) is 4.79 Å². The van der Waals surface area contributed by atoms with E-state index < -0.39 is 0 Å². The van der Waals surface area contributed by atoms with Crippen molar-refractivity contribution in [3.05, 3.63) is 34.3 Å². The minimum atomic E-state index is 0. The van der Waals surface area contributed by atoms with Crippen LogP contribution in [0.3, 0.4) is 0 Å². The summed E-state index contributed by atoms with van der Waals surface area (Å²) in [7, 11) is 0. The Morgan fingerprint density at radius 1 is 1.45 bits per heavy atom. The molecule has 1 amide bonds. The molecule has 1 atom stereocenters. The van der Waals surface area contributed by atoms with Gasteiger partial charge in [0.05, 0.1) is 6.42 Å². The highest BCUT2D eigenvalue weighted by molar-refractivity contribution is 9.10. The van der Waals surface area contributed by atoms with Crippen LogP contribution in [0.15, 0.2) is 28.7 Å². The summed E-state index contributed by atoms with van der Waals surface area (Å²) >= 11 is 3.49. The van der Waals surface area contributed by atoms with Crippen molar-refractivity contribution in [2.24, 2.45) is 11.1 Å². The molecule has 1 aromatic rings. The number of hydrogen-bond acceptors (Lipinski definition) is 2. The van der Waals surface area contributed by atoms with Crippen LogP contribution in [0.25, 0.3) is 0 Å². The standard InChI is InChI=1S/C15H21BrN2O.ClH/c1-15(2)10-18(8-7-13(15)17)14(19)9-11-5-3-4-6-12(11)16;/h3-6,13H,7-10,17H2,1-2H3;1H. The second-order valence-electron chi connectivity index (χ2n) is 5.97. The molecule has 1 aliphatic rings. The first kappa shape index (κ1) is 17.5. The van der Waals surface area contributed by atoms with E-state index >= 15 is 0 Å². The van der Waals surface area contributed by atoms with Crippen LogP contribution in [0, 0.1) is 5.41 Å². The zero-order valence-electron chi connectivity index (χ0n) is 11.9. The average Bonchev–Trinajstić information content (AvgIpc) is 2.35. The molecule has 0 aliphatic carbocycles. The Hall–Kier alpha value is -0.580. The maximum absolute atomic E-state index is 12.4. The van der Waals surface area contributed by atoms with Gasteiger partial charge in [0, 0.05) is 23.6 Å². The van der Waals surface area contributed by atoms with Gasteiger partial charge in [-0.2, -0.15) is 0 Å². The Balaban J connectivity index is 0.00000200. The Morgan fingerprint density at radius 3 is 2.70 bits per heavy atom. The molecule has 2 rings (SSSR count). The number of nitrogens with zero attached hydrogens (tertiary/aromatic N) is 1. The molecule has 5 heteroatoms. The Labute approximate surface area is 135 Å². The van der Waals surface area contributed by atoms with Crippen molar-refractivity contribution < 1.29 is 4.79 Å². The number of piperidine rings is 1. The van der Waals surface area contributed by atoms with Crippen molar-refractivity contribution in [1.82, 2.24) is 4.90 Å². The van der Waals surface area contributed by atoms with E-state index in [-0.39, 0.29) is 29.8 Å². The smallest absolute Gasteiger partial charge is 0.227 e. The molecule has 1 aromatic carbocycles. The highest BCUT2D eigenvalue weighted by atomic mass is 79.9. The highest BCUT2D eigenvalue weighted by Crippen LogP contribution is 2.28. The van der Waals surface area contributed by atoms with Crippen molar-refractivity contribution in [3.63, 3.8) is 0 Å². The molecule has 1 aliphatic heterocycles. The molecule has 1 unspecified atom stereocenters. The van der Waals surface area contributed by atoms with Gasteiger partial charge in [0.15, 0.2) is 0 Å². The van der Waals surface area contributed by atoms with Gasteiger partial charge in [-0.15, -0.1) is 12.4 Å². The van der Waals surface area contributed by atoms with E-state index in [1.54, 1.807) is 0 Å². The van der Waals surface area contributed by atoms with Crippen LogP contribution in [0.1, 0.15) is 25.8 Å². The summed E-state index contributed by atoms with van der Waals surface area (Å²) in [6.45, 7) is 5.79. The third-order valence-electron chi connectivity index (χ3n) is 3.96. The van der Waals surface area contributed by atoms with Crippen LogP contribution in [-0.2, 0) is 11.2 Å². The SMILES string of the molecule is CC1(C)CN(C(=O)Cc2ccccc2Br)CCC1N.Cl. The van der Waals surface area contributed by atoms with Crippen molar-refractivity contribution in [2.45, 2.75) is 32.7 Å². The first-order valence-electron chi connectivity index (χ1n) is 6.67.